The molecule has 0 spiro atoms. The molecular formula is C29H27FN4O2. The van der Waals surface area contributed by atoms with Gasteiger partial charge in [0.2, 0.25) is 0 Å². The molecule has 0 saturated carbocycles. The van der Waals surface area contributed by atoms with E-state index in [1.807, 2.05) is 54.6 Å². The van der Waals surface area contributed by atoms with Gasteiger partial charge in [-0.2, -0.15) is 0 Å². The molecule has 0 aliphatic rings. The topological polar surface area (TPSA) is 75.2 Å². The van der Waals surface area contributed by atoms with E-state index in [0.29, 0.717) is 17.7 Å². The molecule has 2 amide bonds. The van der Waals surface area contributed by atoms with E-state index in [9.17, 15) is 14.0 Å². The Kier molecular flexibility index (Phi) is 8.13. The molecule has 182 valence electrons. The van der Waals surface area contributed by atoms with Gasteiger partial charge in [-0.3, -0.25) is 14.6 Å². The lowest BCUT2D eigenvalue weighted by atomic mass is 10.00. The maximum atomic E-state index is 13.7. The number of hydrogen-bond donors (Lipinski definition) is 1. The number of aryl methyl sites for hydroxylation is 1. The summed E-state index contributed by atoms with van der Waals surface area (Å²) in [5.74, 6) is -1.21. The molecule has 1 atom stereocenters. The highest BCUT2D eigenvalue weighted by Gasteiger charge is 2.32. The van der Waals surface area contributed by atoms with Gasteiger partial charge < -0.3 is 10.2 Å². The summed E-state index contributed by atoms with van der Waals surface area (Å²) in [5.41, 5.74) is 3.40. The Hall–Kier alpha value is -4.39. The summed E-state index contributed by atoms with van der Waals surface area (Å²) in [4.78, 5) is 37.2. The summed E-state index contributed by atoms with van der Waals surface area (Å²) >= 11 is 0. The third-order valence-corrected chi connectivity index (χ3v) is 5.90. The van der Waals surface area contributed by atoms with Crippen LogP contribution in [0.3, 0.4) is 0 Å². The number of carbonyl (C=O) groups is 2. The van der Waals surface area contributed by atoms with Crippen LogP contribution in [0.4, 0.5) is 10.1 Å². The zero-order valence-corrected chi connectivity index (χ0v) is 20.0. The van der Waals surface area contributed by atoms with Crippen LogP contribution < -0.4 is 5.32 Å². The number of hydrogen-bond acceptors (Lipinski definition) is 4. The Labute approximate surface area is 209 Å². The minimum atomic E-state index is -0.945. The first-order valence-electron chi connectivity index (χ1n) is 11.8. The van der Waals surface area contributed by atoms with Crippen LogP contribution in [0.1, 0.15) is 40.1 Å². The summed E-state index contributed by atoms with van der Waals surface area (Å²) in [5, 5.41) is 2.85. The van der Waals surface area contributed by atoms with Crippen molar-refractivity contribution in [2.75, 3.05) is 11.9 Å². The molecule has 6 nitrogen and oxygen atoms in total. The molecule has 0 saturated heterocycles. The van der Waals surface area contributed by atoms with Gasteiger partial charge in [0.15, 0.2) is 0 Å². The molecule has 0 fully saturated rings. The molecule has 1 aromatic heterocycles. The van der Waals surface area contributed by atoms with Gasteiger partial charge in [0.25, 0.3) is 11.8 Å². The van der Waals surface area contributed by atoms with Gasteiger partial charge in [-0.25, -0.2) is 9.37 Å². The lowest BCUT2D eigenvalue weighted by Crippen LogP contribution is -2.42. The fourth-order valence-electron chi connectivity index (χ4n) is 3.95. The van der Waals surface area contributed by atoms with Crippen molar-refractivity contribution in [3.63, 3.8) is 0 Å². The monoisotopic (exact) mass is 482 g/mol. The van der Waals surface area contributed by atoms with Crippen molar-refractivity contribution in [3.05, 3.63) is 126 Å². The van der Waals surface area contributed by atoms with Crippen LogP contribution in [0.15, 0.2) is 97.5 Å². The van der Waals surface area contributed by atoms with Crippen LogP contribution in [0.2, 0.25) is 0 Å². The van der Waals surface area contributed by atoms with Crippen molar-refractivity contribution in [2.24, 2.45) is 0 Å². The second-order valence-electron chi connectivity index (χ2n) is 8.32. The first kappa shape index (κ1) is 24.7. The number of benzene rings is 3. The van der Waals surface area contributed by atoms with Crippen LogP contribution in [-0.4, -0.2) is 33.2 Å². The third-order valence-electron chi connectivity index (χ3n) is 5.90. The molecule has 4 aromatic rings. The summed E-state index contributed by atoms with van der Waals surface area (Å²) < 4.78 is 13.4. The molecule has 1 heterocycles. The number of nitrogens with zero attached hydrogens (tertiary/aromatic N) is 3. The first-order valence-corrected chi connectivity index (χ1v) is 11.8. The highest BCUT2D eigenvalue weighted by atomic mass is 19.1. The van der Waals surface area contributed by atoms with Crippen LogP contribution in [-0.2, 0) is 17.6 Å². The number of halogens is 1. The number of rotatable bonds is 9. The summed E-state index contributed by atoms with van der Waals surface area (Å²) in [6.45, 7) is 2.33. The molecular weight excluding hydrogens is 455 g/mol. The summed E-state index contributed by atoms with van der Waals surface area (Å²) in [6.07, 6.45) is 5.73. The van der Waals surface area contributed by atoms with Gasteiger partial charge in [-0.15, -0.1) is 0 Å². The molecule has 0 aliphatic heterocycles. The Balaban J connectivity index is 1.73. The second kappa shape index (κ2) is 11.8. The van der Waals surface area contributed by atoms with Crippen molar-refractivity contribution >= 4 is 17.5 Å². The standard InChI is InChI=1S/C29H27FN4O2/c1-2-21-8-10-23(11-9-21)27(28(35)33-25-14-12-24(30)13-15-25)34(19-16-22-6-4-3-5-7-22)29(36)26-20-31-17-18-32-26/h3-15,17-18,20,27H,2,16,19H2,1H3,(H,33,35)/t27-/m1/s1. The van der Waals surface area contributed by atoms with E-state index in [1.54, 1.807) is 0 Å². The van der Waals surface area contributed by atoms with Crippen molar-refractivity contribution < 1.29 is 14.0 Å². The van der Waals surface area contributed by atoms with Crippen molar-refractivity contribution in [1.29, 1.82) is 0 Å². The van der Waals surface area contributed by atoms with Gasteiger partial charge >= 0.3 is 0 Å². The molecule has 7 heteroatoms. The highest BCUT2D eigenvalue weighted by Crippen LogP contribution is 2.26. The molecule has 0 unspecified atom stereocenters. The normalized spacial score (nSPS) is 11.5. The molecule has 0 bridgehead atoms. The summed E-state index contributed by atoms with van der Waals surface area (Å²) in [7, 11) is 0. The lowest BCUT2D eigenvalue weighted by molar-refractivity contribution is -0.120. The maximum Gasteiger partial charge on any atom is 0.275 e. The van der Waals surface area contributed by atoms with E-state index in [-0.39, 0.29) is 12.2 Å². The number of aromatic nitrogens is 2. The fraction of sp³-hybridized carbons (Fsp3) is 0.172. The molecule has 4 rings (SSSR count). The molecule has 1 N–H and O–H groups in total. The minimum Gasteiger partial charge on any atom is -0.324 e. The number of amides is 2. The van der Waals surface area contributed by atoms with E-state index in [0.717, 1.165) is 17.5 Å². The Bertz CT molecular complexity index is 1280. The Morgan fingerprint density at radius 2 is 1.64 bits per heavy atom. The minimum absolute atomic E-state index is 0.148. The van der Waals surface area contributed by atoms with Gasteiger partial charge in [0.05, 0.1) is 6.20 Å². The van der Waals surface area contributed by atoms with E-state index in [2.05, 4.69) is 22.2 Å². The van der Waals surface area contributed by atoms with Crippen LogP contribution in [0.25, 0.3) is 0 Å². The van der Waals surface area contributed by atoms with Crippen molar-refractivity contribution in [1.82, 2.24) is 14.9 Å². The largest absolute Gasteiger partial charge is 0.324 e. The van der Waals surface area contributed by atoms with E-state index in [4.69, 9.17) is 0 Å². The number of anilines is 1. The average Bonchev–Trinajstić information content (AvgIpc) is 2.93. The van der Waals surface area contributed by atoms with Crippen LogP contribution in [0.5, 0.6) is 0 Å². The highest BCUT2D eigenvalue weighted by molar-refractivity contribution is 6.00. The van der Waals surface area contributed by atoms with Crippen molar-refractivity contribution in [3.8, 4) is 0 Å². The second-order valence-corrected chi connectivity index (χ2v) is 8.32. The zero-order chi connectivity index (χ0) is 25.3. The molecule has 0 aliphatic carbocycles. The summed E-state index contributed by atoms with van der Waals surface area (Å²) in [6, 6.07) is 22.0. The average molecular weight is 483 g/mol. The lowest BCUT2D eigenvalue weighted by Gasteiger charge is -2.31. The quantitative estimate of drug-likeness (QED) is 0.354. The molecule has 0 radical (unpaired) electrons. The van der Waals surface area contributed by atoms with E-state index >= 15 is 0 Å². The van der Waals surface area contributed by atoms with Gasteiger partial charge in [0.1, 0.15) is 17.6 Å². The Morgan fingerprint density at radius 3 is 2.28 bits per heavy atom. The third kappa shape index (κ3) is 6.18. The maximum absolute atomic E-state index is 13.7. The molecule has 36 heavy (non-hydrogen) atoms. The fourth-order valence-corrected chi connectivity index (χ4v) is 3.95. The van der Waals surface area contributed by atoms with Crippen molar-refractivity contribution in [2.45, 2.75) is 25.8 Å². The van der Waals surface area contributed by atoms with Crippen LogP contribution >= 0.6 is 0 Å². The smallest absolute Gasteiger partial charge is 0.275 e. The van der Waals surface area contributed by atoms with E-state index < -0.39 is 23.7 Å². The van der Waals surface area contributed by atoms with E-state index in [1.165, 1.54) is 47.8 Å². The van der Waals surface area contributed by atoms with Gasteiger partial charge in [-0.05, 0) is 53.8 Å². The van der Waals surface area contributed by atoms with Gasteiger partial charge in [-0.1, -0.05) is 61.5 Å². The predicted octanol–water partition coefficient (Wildman–Crippen LogP) is 5.24. The number of nitrogens with one attached hydrogen (secondary N) is 1. The zero-order valence-electron chi connectivity index (χ0n) is 20.0. The SMILES string of the molecule is CCc1ccc([C@H](C(=O)Nc2ccc(F)cc2)N(CCc2ccccc2)C(=O)c2cnccn2)cc1. The van der Waals surface area contributed by atoms with Gasteiger partial charge in [0, 0.05) is 24.6 Å². The molecule has 3 aromatic carbocycles. The first-order chi connectivity index (χ1) is 17.5. The Morgan fingerprint density at radius 1 is 0.917 bits per heavy atom. The van der Waals surface area contributed by atoms with Crippen LogP contribution in [0, 0.1) is 5.82 Å². The predicted molar refractivity (Wildman–Crippen MR) is 137 cm³/mol. The number of carbonyl (C=O) groups excluding carboxylic acids is 2.